The number of benzene rings is 2. The van der Waals surface area contributed by atoms with Gasteiger partial charge in [-0.2, -0.15) is 0 Å². The fraction of sp³-hybridized carbons (Fsp3) is 0.516. The molecule has 0 aliphatic heterocycles. The second-order valence-electron chi connectivity index (χ2n) is 19.4. The molecule has 2 atom stereocenters. The van der Waals surface area contributed by atoms with Crippen LogP contribution in [0.5, 0.6) is 0 Å². The topological polar surface area (TPSA) is 91.3 Å². The van der Waals surface area contributed by atoms with Crippen molar-refractivity contribution in [3.63, 3.8) is 0 Å². The predicted molar refractivity (Wildman–Crippen MR) is 308 cm³/mol. The van der Waals surface area contributed by atoms with Gasteiger partial charge in [-0.15, -0.1) is 6.42 Å². The van der Waals surface area contributed by atoms with Crippen LogP contribution >= 0.6 is 11.6 Å². The maximum Gasteiger partial charge on any atom is 0.491 e. The van der Waals surface area contributed by atoms with E-state index in [1.165, 1.54) is 12.0 Å². The van der Waals surface area contributed by atoms with Crippen molar-refractivity contribution in [3.8, 4) is 12.3 Å². The van der Waals surface area contributed by atoms with E-state index in [1.54, 1.807) is 24.9 Å². The Morgan fingerprint density at radius 3 is 2.22 bits per heavy atom. The number of amides is 2. The normalized spacial score (nSPS) is 18.5. The molecule has 0 radical (unpaired) electrons. The van der Waals surface area contributed by atoms with Crippen LogP contribution in [0.4, 0.5) is 5.69 Å². The van der Waals surface area contributed by atoms with E-state index in [1.807, 2.05) is 89.2 Å². The van der Waals surface area contributed by atoms with Crippen LogP contribution in [0.1, 0.15) is 168 Å². The van der Waals surface area contributed by atoms with Gasteiger partial charge in [0.05, 0.1) is 11.6 Å². The van der Waals surface area contributed by atoms with Gasteiger partial charge in [0, 0.05) is 67.3 Å². The third-order valence-electron chi connectivity index (χ3n) is 13.4. The van der Waals surface area contributed by atoms with E-state index in [4.69, 9.17) is 27.4 Å². The lowest BCUT2D eigenvalue weighted by Crippen LogP contribution is -2.37. The van der Waals surface area contributed by atoms with Crippen molar-refractivity contribution in [1.29, 1.82) is 0 Å². The Morgan fingerprint density at radius 2 is 1.65 bits per heavy atom. The van der Waals surface area contributed by atoms with Crippen molar-refractivity contribution in [3.05, 3.63) is 147 Å². The van der Waals surface area contributed by atoms with E-state index in [2.05, 4.69) is 76.2 Å². The molecule has 2 saturated carbocycles. The van der Waals surface area contributed by atoms with Crippen LogP contribution in [0.3, 0.4) is 0 Å². The zero-order valence-corrected chi connectivity index (χ0v) is 47.2. The summed E-state index contributed by atoms with van der Waals surface area (Å²) in [6.07, 6.45) is 28.2. The SMILES string of the molecule is C#Cc1ccc(CC2CCC(NC(=O)c3ccc(N(C)CCC)cc3)CC2)cc1Cl.C=C(C)C(=C)/C(CC)=C(\C=C/CC)OCCCN(C)C(=O)/C(C)=C/C(B(O)OC1CCCC(C)C1)=C(C)\C=C/C.CC. The highest BCUT2D eigenvalue weighted by molar-refractivity contribution is 6.53. The minimum atomic E-state index is -1.07. The highest BCUT2D eigenvalue weighted by atomic mass is 35.5. The monoisotopic (exact) mass is 1000 g/mol. The van der Waals surface area contributed by atoms with Crippen molar-refractivity contribution < 1.29 is 24.0 Å². The van der Waals surface area contributed by atoms with Crippen molar-refractivity contribution in [2.24, 2.45) is 11.8 Å². The maximum atomic E-state index is 13.2. The number of hydrogen-bond acceptors (Lipinski definition) is 6. The summed E-state index contributed by atoms with van der Waals surface area (Å²) in [5.41, 5.74) is 8.81. The standard InChI is InChI=1S/C34H54BNO4.C26H31ClN2O.C2H6/c1-11-14-20-33(31(13-3)29(9)25(4)5)39-22-16-21-36(10)34(37)28(8)24-32(27(7)17-12-2)35(38)40-30-19-15-18-26(6)23-30;1-4-16-29(3)24-14-10-22(11-15-24)26(30)28-23-12-7-19(8-13-23)17-20-6-9-21(5-2)25(27)18-20;1-2/h12,14,17,20,24,26,30,38H,4,9,11,13,15-16,18-19,21-23H2,1-3,5-8,10H3;2,6,9-11,14-15,18-19,23H,4,7-8,12-13,16-17H2,1,3H3,(H,28,30);1-2H3/b17-12-,20-14-,28-24+,32-27+,33-31+;;. The highest BCUT2D eigenvalue weighted by Gasteiger charge is 2.29. The Kier molecular flexibility index (Phi) is 30.2. The third-order valence-corrected chi connectivity index (χ3v) is 13.7. The molecule has 394 valence electrons. The van der Waals surface area contributed by atoms with Crippen LogP contribution in [-0.4, -0.2) is 74.8 Å². The summed E-state index contributed by atoms with van der Waals surface area (Å²) in [4.78, 5) is 29.8. The summed E-state index contributed by atoms with van der Waals surface area (Å²) < 4.78 is 12.2. The van der Waals surface area contributed by atoms with Gasteiger partial charge in [0.1, 0.15) is 5.76 Å². The number of halogens is 1. The van der Waals surface area contributed by atoms with Gasteiger partial charge in [-0.1, -0.05) is 127 Å². The molecule has 2 aromatic rings. The highest BCUT2D eigenvalue weighted by Crippen LogP contribution is 2.30. The van der Waals surface area contributed by atoms with Crippen molar-refractivity contribution >= 4 is 36.2 Å². The summed E-state index contributed by atoms with van der Waals surface area (Å²) in [5.74, 6) is 4.58. The number of anilines is 1. The third kappa shape index (κ3) is 21.6. The lowest BCUT2D eigenvalue weighted by atomic mass is 9.73. The van der Waals surface area contributed by atoms with Crippen LogP contribution in [0, 0.1) is 24.2 Å². The molecule has 2 aromatic carbocycles. The van der Waals surface area contributed by atoms with E-state index in [-0.39, 0.29) is 24.0 Å². The minimum Gasteiger partial charge on any atom is -0.493 e. The minimum absolute atomic E-state index is 0.0276. The molecule has 0 aromatic heterocycles. The molecule has 72 heavy (non-hydrogen) atoms. The van der Waals surface area contributed by atoms with Gasteiger partial charge in [-0.3, -0.25) is 9.59 Å². The first-order valence-corrected chi connectivity index (χ1v) is 27.2. The van der Waals surface area contributed by atoms with E-state index in [9.17, 15) is 14.6 Å². The van der Waals surface area contributed by atoms with E-state index >= 15 is 0 Å². The second kappa shape index (κ2) is 34.4. The molecular weight excluding hydrogens is 913 g/mol. The number of hydrogen-bond donors (Lipinski definition) is 2. The van der Waals surface area contributed by atoms with Gasteiger partial charge >= 0.3 is 7.12 Å². The Balaban J connectivity index is 0.000000493. The number of likely N-dealkylation sites (N-methyl/N-ethyl adjacent to an activating group) is 1. The van der Waals surface area contributed by atoms with Gasteiger partial charge in [0.15, 0.2) is 0 Å². The number of terminal acetylenes is 1. The molecule has 0 saturated heterocycles. The van der Waals surface area contributed by atoms with Crippen LogP contribution in [0.25, 0.3) is 0 Å². The van der Waals surface area contributed by atoms with Crippen LogP contribution in [0.2, 0.25) is 5.02 Å². The molecule has 2 fully saturated rings. The zero-order valence-electron chi connectivity index (χ0n) is 46.5. The number of carbonyl (C=O) groups excluding carboxylic acids is 2. The van der Waals surface area contributed by atoms with Gasteiger partial charge < -0.3 is 29.5 Å². The number of rotatable bonds is 23. The number of ether oxygens (including phenoxy) is 1. The summed E-state index contributed by atoms with van der Waals surface area (Å²) >= 11 is 6.24. The fourth-order valence-electron chi connectivity index (χ4n) is 9.17. The first kappa shape index (κ1) is 63.1. The fourth-order valence-corrected chi connectivity index (χ4v) is 9.42. The van der Waals surface area contributed by atoms with Gasteiger partial charge in [-0.05, 0) is 169 Å². The quantitative estimate of drug-likeness (QED) is 0.0288. The van der Waals surface area contributed by atoms with E-state index in [0.29, 0.717) is 47.5 Å². The molecule has 2 N–H and O–H groups in total. The summed E-state index contributed by atoms with van der Waals surface area (Å²) in [5, 5.41) is 14.9. The first-order valence-electron chi connectivity index (χ1n) is 26.8. The van der Waals surface area contributed by atoms with E-state index in [0.717, 1.165) is 122 Å². The largest absolute Gasteiger partial charge is 0.493 e. The van der Waals surface area contributed by atoms with Crippen molar-refractivity contribution in [2.75, 3.05) is 38.7 Å². The Hall–Kier alpha value is -5.01. The molecule has 0 bridgehead atoms. The first-order chi connectivity index (χ1) is 34.5. The molecule has 2 unspecified atom stereocenters. The molecule has 2 aliphatic rings. The summed E-state index contributed by atoms with van der Waals surface area (Å²) in [6, 6.07) is 14.1. The number of allylic oxidation sites excluding steroid dienone is 10. The summed E-state index contributed by atoms with van der Waals surface area (Å²) in [7, 11) is 2.80. The zero-order chi connectivity index (χ0) is 53.8. The average Bonchev–Trinajstić information content (AvgIpc) is 3.37. The molecule has 2 aliphatic carbocycles. The maximum absolute atomic E-state index is 13.2. The lowest BCUT2D eigenvalue weighted by molar-refractivity contribution is -0.126. The number of nitrogens with zero attached hydrogens (tertiary/aromatic N) is 2. The molecule has 0 spiro atoms. The van der Waals surface area contributed by atoms with Gasteiger partial charge in [-0.25, -0.2) is 0 Å². The van der Waals surface area contributed by atoms with Crippen molar-refractivity contribution in [2.45, 2.75) is 165 Å². The predicted octanol–water partition coefficient (Wildman–Crippen LogP) is 14.8. The molecule has 2 amide bonds. The smallest absolute Gasteiger partial charge is 0.491 e. The van der Waals surface area contributed by atoms with Gasteiger partial charge in [0.25, 0.3) is 5.91 Å². The second-order valence-corrected chi connectivity index (χ2v) is 19.8. The lowest BCUT2D eigenvalue weighted by Gasteiger charge is -2.29. The molecule has 10 heteroatoms. The van der Waals surface area contributed by atoms with Crippen LogP contribution in [0.15, 0.2) is 125 Å². The molecule has 4 rings (SSSR count). The van der Waals surface area contributed by atoms with Crippen LogP contribution in [-0.2, 0) is 20.6 Å². The Bertz CT molecular complexity index is 2230. The Labute approximate surface area is 443 Å². The molecule has 8 nitrogen and oxygen atoms in total. The molecule has 0 heterocycles. The van der Waals surface area contributed by atoms with E-state index < -0.39 is 7.12 Å². The molecular formula is C62H91BClN3O5. The number of carbonyl (C=O) groups is 2. The van der Waals surface area contributed by atoms with Crippen molar-refractivity contribution in [1.82, 2.24) is 10.2 Å². The number of nitrogens with one attached hydrogen (secondary N) is 1. The Morgan fingerprint density at radius 1 is 0.972 bits per heavy atom. The van der Waals surface area contributed by atoms with Gasteiger partial charge in [0.2, 0.25) is 5.91 Å². The van der Waals surface area contributed by atoms with Crippen LogP contribution < -0.4 is 10.2 Å². The average molecular weight is 1000 g/mol. The summed E-state index contributed by atoms with van der Waals surface area (Å²) in [6.45, 7) is 30.4.